The molecule has 0 amide bonds. The van der Waals surface area contributed by atoms with Crippen LogP contribution in [0.4, 0.5) is 0 Å². The summed E-state index contributed by atoms with van der Waals surface area (Å²) >= 11 is 0. The fourth-order valence-corrected chi connectivity index (χ4v) is 0.894. The van der Waals surface area contributed by atoms with Gasteiger partial charge < -0.3 is 14.5 Å². The first-order valence-corrected chi connectivity index (χ1v) is 3.14. The SMILES string of the molecule is Oc1occc1-c1ncc[nH]1. The number of hydrogen-bond donors (Lipinski definition) is 2. The van der Waals surface area contributed by atoms with Crippen LogP contribution in [-0.4, -0.2) is 15.1 Å². The van der Waals surface area contributed by atoms with Crippen molar-refractivity contribution in [1.29, 1.82) is 0 Å². The minimum atomic E-state index is -0.111. The van der Waals surface area contributed by atoms with Gasteiger partial charge in [0, 0.05) is 12.4 Å². The van der Waals surface area contributed by atoms with Gasteiger partial charge in [-0.15, -0.1) is 0 Å². The van der Waals surface area contributed by atoms with Gasteiger partial charge in [-0.25, -0.2) is 4.98 Å². The quantitative estimate of drug-likeness (QED) is 0.645. The zero-order valence-corrected chi connectivity index (χ0v) is 5.61. The van der Waals surface area contributed by atoms with Gasteiger partial charge in [-0.1, -0.05) is 0 Å². The third-order valence-corrected chi connectivity index (χ3v) is 1.40. The average molecular weight is 150 g/mol. The maximum atomic E-state index is 9.10. The molecule has 2 heterocycles. The van der Waals surface area contributed by atoms with E-state index < -0.39 is 0 Å². The number of hydrogen-bond acceptors (Lipinski definition) is 3. The van der Waals surface area contributed by atoms with E-state index in [0.29, 0.717) is 11.4 Å². The molecule has 4 heteroatoms. The monoisotopic (exact) mass is 150 g/mol. The highest BCUT2D eigenvalue weighted by Crippen LogP contribution is 2.26. The molecule has 0 unspecified atom stereocenters. The Labute approximate surface area is 62.5 Å². The molecule has 0 fully saturated rings. The van der Waals surface area contributed by atoms with Crippen LogP contribution in [0.25, 0.3) is 11.4 Å². The molecule has 0 spiro atoms. The fourth-order valence-electron chi connectivity index (χ4n) is 0.894. The van der Waals surface area contributed by atoms with E-state index in [4.69, 9.17) is 5.11 Å². The molecule has 2 aromatic heterocycles. The largest absolute Gasteiger partial charge is 0.480 e. The van der Waals surface area contributed by atoms with E-state index in [1.54, 1.807) is 18.5 Å². The van der Waals surface area contributed by atoms with Crippen molar-refractivity contribution in [3.8, 4) is 17.3 Å². The number of nitrogens with zero attached hydrogens (tertiary/aromatic N) is 1. The lowest BCUT2D eigenvalue weighted by atomic mass is 10.3. The van der Waals surface area contributed by atoms with Gasteiger partial charge in [0.15, 0.2) is 0 Å². The van der Waals surface area contributed by atoms with Gasteiger partial charge in [-0.2, -0.15) is 0 Å². The summed E-state index contributed by atoms with van der Waals surface area (Å²) in [5, 5.41) is 9.10. The lowest BCUT2D eigenvalue weighted by Gasteiger charge is -1.88. The zero-order chi connectivity index (χ0) is 7.68. The molecule has 2 rings (SSSR count). The van der Waals surface area contributed by atoms with E-state index in [-0.39, 0.29) is 5.95 Å². The van der Waals surface area contributed by atoms with Gasteiger partial charge >= 0.3 is 0 Å². The van der Waals surface area contributed by atoms with E-state index in [0.717, 1.165) is 0 Å². The van der Waals surface area contributed by atoms with Gasteiger partial charge in [0.1, 0.15) is 11.4 Å². The molecule has 4 nitrogen and oxygen atoms in total. The molecule has 0 aliphatic carbocycles. The standard InChI is InChI=1S/C7H6N2O2/c10-7-5(1-4-11-7)6-8-2-3-9-6/h1-4,10H,(H,8,9). The molecule has 0 saturated carbocycles. The number of aromatic amines is 1. The highest BCUT2D eigenvalue weighted by molar-refractivity contribution is 5.59. The van der Waals surface area contributed by atoms with Crippen LogP contribution in [0.1, 0.15) is 0 Å². The molecule has 11 heavy (non-hydrogen) atoms. The number of nitrogens with one attached hydrogen (secondary N) is 1. The van der Waals surface area contributed by atoms with Crippen LogP contribution in [0, 0.1) is 0 Å². The van der Waals surface area contributed by atoms with Gasteiger partial charge in [0.25, 0.3) is 5.95 Å². The first-order chi connectivity index (χ1) is 5.38. The number of aromatic hydroxyl groups is 1. The number of rotatable bonds is 1. The van der Waals surface area contributed by atoms with Crippen molar-refractivity contribution in [3.63, 3.8) is 0 Å². The molecule has 0 aromatic carbocycles. The maximum absolute atomic E-state index is 9.10. The highest BCUT2D eigenvalue weighted by Gasteiger charge is 2.07. The highest BCUT2D eigenvalue weighted by atomic mass is 16.5. The molecule has 0 aliphatic heterocycles. The Bertz CT molecular complexity index is 337. The molecular formula is C7H6N2O2. The lowest BCUT2D eigenvalue weighted by Crippen LogP contribution is -1.75. The van der Waals surface area contributed by atoms with Crippen LogP contribution in [0.2, 0.25) is 0 Å². The van der Waals surface area contributed by atoms with Gasteiger partial charge in [-0.3, -0.25) is 0 Å². The Morgan fingerprint density at radius 2 is 2.45 bits per heavy atom. The normalized spacial score (nSPS) is 10.2. The van der Waals surface area contributed by atoms with Crippen molar-refractivity contribution in [2.45, 2.75) is 0 Å². The van der Waals surface area contributed by atoms with Crippen molar-refractivity contribution in [2.75, 3.05) is 0 Å². The van der Waals surface area contributed by atoms with E-state index >= 15 is 0 Å². The Morgan fingerprint density at radius 1 is 1.55 bits per heavy atom. The second-order valence-corrected chi connectivity index (χ2v) is 2.08. The maximum Gasteiger partial charge on any atom is 0.293 e. The molecule has 56 valence electrons. The lowest BCUT2D eigenvalue weighted by molar-refractivity contribution is 0.334. The topological polar surface area (TPSA) is 62.1 Å². The van der Waals surface area contributed by atoms with Crippen molar-refractivity contribution in [2.24, 2.45) is 0 Å². The van der Waals surface area contributed by atoms with Crippen molar-refractivity contribution >= 4 is 0 Å². The first kappa shape index (κ1) is 6.03. The van der Waals surface area contributed by atoms with Crippen LogP contribution in [0.15, 0.2) is 29.1 Å². The Morgan fingerprint density at radius 3 is 3.00 bits per heavy atom. The van der Waals surface area contributed by atoms with Gasteiger partial charge in [0.05, 0.1) is 6.26 Å². The van der Waals surface area contributed by atoms with E-state index in [1.807, 2.05) is 0 Å². The Kier molecular flexibility index (Phi) is 1.18. The van der Waals surface area contributed by atoms with Gasteiger partial charge in [0.2, 0.25) is 0 Å². The number of furan rings is 1. The summed E-state index contributed by atoms with van der Waals surface area (Å²) in [5.74, 6) is 0.496. The summed E-state index contributed by atoms with van der Waals surface area (Å²) in [4.78, 5) is 6.79. The van der Waals surface area contributed by atoms with Crippen LogP contribution in [0.3, 0.4) is 0 Å². The Hall–Kier alpha value is -1.71. The second kappa shape index (κ2) is 2.16. The van der Waals surface area contributed by atoms with Crippen molar-refractivity contribution in [1.82, 2.24) is 9.97 Å². The summed E-state index contributed by atoms with van der Waals surface area (Å²) in [7, 11) is 0. The minimum Gasteiger partial charge on any atom is -0.480 e. The van der Waals surface area contributed by atoms with Crippen molar-refractivity contribution < 1.29 is 9.52 Å². The molecule has 0 radical (unpaired) electrons. The van der Waals surface area contributed by atoms with E-state index in [1.165, 1.54) is 6.26 Å². The van der Waals surface area contributed by atoms with E-state index in [9.17, 15) is 0 Å². The summed E-state index contributed by atoms with van der Waals surface area (Å²) in [6.07, 6.45) is 4.71. The summed E-state index contributed by atoms with van der Waals surface area (Å²) in [6, 6.07) is 1.65. The van der Waals surface area contributed by atoms with Crippen molar-refractivity contribution in [3.05, 3.63) is 24.7 Å². The average Bonchev–Trinajstić information content (AvgIpc) is 2.55. The summed E-state index contributed by atoms with van der Waals surface area (Å²) in [6.45, 7) is 0. The number of imidazole rings is 1. The number of aromatic nitrogens is 2. The van der Waals surface area contributed by atoms with Crippen LogP contribution in [0.5, 0.6) is 5.95 Å². The molecular weight excluding hydrogens is 144 g/mol. The molecule has 0 bridgehead atoms. The second-order valence-electron chi connectivity index (χ2n) is 2.08. The van der Waals surface area contributed by atoms with Crippen LogP contribution in [-0.2, 0) is 0 Å². The third kappa shape index (κ3) is 0.881. The van der Waals surface area contributed by atoms with Crippen LogP contribution < -0.4 is 0 Å². The molecule has 2 aromatic rings. The van der Waals surface area contributed by atoms with E-state index in [2.05, 4.69) is 14.4 Å². The smallest absolute Gasteiger partial charge is 0.293 e. The predicted octanol–water partition coefficient (Wildman–Crippen LogP) is 1.38. The molecule has 0 saturated heterocycles. The Balaban J connectivity index is 2.53. The fraction of sp³-hybridized carbons (Fsp3) is 0. The third-order valence-electron chi connectivity index (χ3n) is 1.40. The number of H-pyrrole nitrogens is 1. The van der Waals surface area contributed by atoms with Gasteiger partial charge in [-0.05, 0) is 6.07 Å². The first-order valence-electron chi connectivity index (χ1n) is 3.14. The predicted molar refractivity (Wildman–Crippen MR) is 38.0 cm³/mol. The summed E-state index contributed by atoms with van der Waals surface area (Å²) in [5.41, 5.74) is 0.579. The molecule has 2 N–H and O–H groups in total. The minimum absolute atomic E-state index is 0.111. The summed E-state index contributed by atoms with van der Waals surface area (Å²) < 4.78 is 4.68. The van der Waals surface area contributed by atoms with Crippen LogP contribution >= 0.6 is 0 Å². The molecule has 0 atom stereocenters. The molecule has 0 aliphatic rings. The zero-order valence-electron chi connectivity index (χ0n) is 5.61.